The van der Waals surface area contributed by atoms with Crippen molar-refractivity contribution < 1.29 is 0 Å². The van der Waals surface area contributed by atoms with Crippen molar-refractivity contribution in [3.05, 3.63) is 28.8 Å². The number of hydrogen-bond donors (Lipinski definition) is 0. The van der Waals surface area contributed by atoms with E-state index >= 15 is 0 Å². The van der Waals surface area contributed by atoms with Crippen LogP contribution in [-0.4, -0.2) is 35.1 Å². The molecule has 0 aliphatic heterocycles. The van der Waals surface area contributed by atoms with Crippen LogP contribution in [0.3, 0.4) is 0 Å². The molecular weight excluding hydrogens is 290 g/mol. The molecule has 20 heavy (non-hydrogen) atoms. The Balaban J connectivity index is 2.59. The maximum atomic E-state index is 5.94. The fourth-order valence-electron chi connectivity index (χ4n) is 1.80. The van der Waals surface area contributed by atoms with Gasteiger partial charge in [0.1, 0.15) is 6.34 Å². The Bertz CT molecular complexity index is 431. The van der Waals surface area contributed by atoms with E-state index in [0.717, 1.165) is 42.2 Å². The summed E-state index contributed by atoms with van der Waals surface area (Å²) in [5.41, 5.74) is 2.05. The van der Waals surface area contributed by atoms with Crippen LogP contribution < -0.4 is 0 Å². The molecule has 1 aromatic rings. The fraction of sp³-hybridized carbons (Fsp3) is 0.533. The van der Waals surface area contributed by atoms with Crippen molar-refractivity contribution >= 4 is 35.8 Å². The first-order valence-electron chi connectivity index (χ1n) is 7.03. The van der Waals surface area contributed by atoms with E-state index in [0.29, 0.717) is 0 Å². The van der Waals surface area contributed by atoms with Gasteiger partial charge in [-0.25, -0.2) is 9.30 Å². The summed E-state index contributed by atoms with van der Waals surface area (Å²) in [6.45, 7) is 8.61. The topological polar surface area (TPSA) is 18.8 Å². The highest BCUT2D eigenvalue weighted by atomic mass is 35.5. The molecule has 3 nitrogen and oxygen atoms in total. The molecule has 5 heteroatoms. The minimum atomic E-state index is 0.751. The van der Waals surface area contributed by atoms with Gasteiger partial charge >= 0.3 is 0 Å². The van der Waals surface area contributed by atoms with Gasteiger partial charge in [-0.3, -0.25) is 4.31 Å². The van der Waals surface area contributed by atoms with E-state index in [1.807, 2.05) is 42.8 Å². The fourth-order valence-corrected chi connectivity index (χ4v) is 3.01. The Morgan fingerprint density at radius 3 is 2.45 bits per heavy atom. The maximum absolute atomic E-state index is 5.94. The van der Waals surface area contributed by atoms with Gasteiger partial charge in [0.25, 0.3) is 0 Å². The number of halogens is 1. The van der Waals surface area contributed by atoms with Crippen LogP contribution in [-0.2, 0) is 0 Å². The number of nitrogens with zero attached hydrogens (tertiary/aromatic N) is 3. The average Bonchev–Trinajstić information content (AvgIpc) is 2.38. The molecule has 112 valence electrons. The smallest absolute Gasteiger partial charge is 0.102 e. The van der Waals surface area contributed by atoms with E-state index < -0.39 is 0 Å². The van der Waals surface area contributed by atoms with Crippen molar-refractivity contribution in [1.82, 2.24) is 8.61 Å². The number of aliphatic imine (C=N–C) groups is 1. The predicted octanol–water partition coefficient (Wildman–Crippen LogP) is 4.93. The van der Waals surface area contributed by atoms with Crippen LogP contribution in [0, 0.1) is 6.92 Å². The van der Waals surface area contributed by atoms with E-state index in [1.165, 1.54) is 0 Å². The lowest BCUT2D eigenvalue weighted by molar-refractivity contribution is 0.457. The third-order valence-electron chi connectivity index (χ3n) is 2.71. The molecule has 0 N–H and O–H groups in total. The second-order valence-corrected chi connectivity index (χ2v) is 6.42. The summed E-state index contributed by atoms with van der Waals surface area (Å²) in [4.78, 5) is 4.51. The molecule has 0 heterocycles. The second kappa shape index (κ2) is 9.27. The monoisotopic (exact) mass is 313 g/mol. The van der Waals surface area contributed by atoms with E-state index in [4.69, 9.17) is 11.6 Å². The number of aryl methyl sites for hydroxylation is 1. The van der Waals surface area contributed by atoms with Crippen molar-refractivity contribution in [3.8, 4) is 0 Å². The quantitative estimate of drug-likeness (QED) is 0.385. The van der Waals surface area contributed by atoms with Crippen molar-refractivity contribution in [2.75, 3.05) is 20.1 Å². The molecule has 0 saturated heterocycles. The summed E-state index contributed by atoms with van der Waals surface area (Å²) in [6.07, 6.45) is 4.18. The summed E-state index contributed by atoms with van der Waals surface area (Å²) in [6, 6.07) is 5.75. The molecule has 0 saturated carbocycles. The normalized spacial score (nSPS) is 11.5. The highest BCUT2D eigenvalue weighted by molar-refractivity contribution is 7.95. The zero-order chi connectivity index (χ0) is 15.0. The van der Waals surface area contributed by atoms with Gasteiger partial charge in [0, 0.05) is 37.3 Å². The Morgan fingerprint density at radius 2 is 1.90 bits per heavy atom. The van der Waals surface area contributed by atoms with Crippen molar-refractivity contribution in [2.24, 2.45) is 4.99 Å². The van der Waals surface area contributed by atoms with Crippen LogP contribution in [0.5, 0.6) is 0 Å². The largest absolute Gasteiger partial charge is 0.297 e. The van der Waals surface area contributed by atoms with E-state index in [1.54, 1.807) is 12.1 Å². The second-order valence-electron chi connectivity index (χ2n) is 4.73. The summed E-state index contributed by atoms with van der Waals surface area (Å²) in [7, 11) is 2.03. The van der Waals surface area contributed by atoms with Gasteiger partial charge in [-0.15, -0.1) is 0 Å². The minimum Gasteiger partial charge on any atom is -0.297 e. The summed E-state index contributed by atoms with van der Waals surface area (Å²) >= 11 is 7.66. The molecule has 0 aliphatic rings. The minimum absolute atomic E-state index is 0.751. The molecule has 1 aromatic carbocycles. The lowest BCUT2D eigenvalue weighted by atomic mass is 10.2. The Kier molecular flexibility index (Phi) is 8.04. The summed E-state index contributed by atoms with van der Waals surface area (Å²) in [5.74, 6) is 0. The molecule has 0 unspecified atom stereocenters. The average molecular weight is 314 g/mol. The van der Waals surface area contributed by atoms with Crippen LogP contribution in [0.2, 0.25) is 5.02 Å². The Labute approximate surface area is 132 Å². The van der Waals surface area contributed by atoms with Gasteiger partial charge in [0.2, 0.25) is 0 Å². The van der Waals surface area contributed by atoms with Gasteiger partial charge < -0.3 is 0 Å². The van der Waals surface area contributed by atoms with Crippen molar-refractivity contribution in [1.29, 1.82) is 0 Å². The zero-order valence-electron chi connectivity index (χ0n) is 12.8. The molecule has 1 rings (SSSR count). The number of benzene rings is 1. The van der Waals surface area contributed by atoms with Gasteiger partial charge in [0.05, 0.1) is 5.69 Å². The Hall–Kier alpha value is -0.710. The first-order chi connectivity index (χ1) is 9.56. The van der Waals surface area contributed by atoms with E-state index in [2.05, 4.69) is 23.1 Å². The molecule has 0 atom stereocenters. The van der Waals surface area contributed by atoms with E-state index in [-0.39, 0.29) is 0 Å². The molecule has 0 amide bonds. The van der Waals surface area contributed by atoms with Gasteiger partial charge in [0.15, 0.2) is 0 Å². The Morgan fingerprint density at radius 1 is 1.25 bits per heavy atom. The lowest BCUT2D eigenvalue weighted by Gasteiger charge is -2.23. The zero-order valence-corrected chi connectivity index (χ0v) is 14.3. The SMILES string of the molecule is CCCN(CCC)SN(C)C=Nc1ccc(Cl)cc1C. The van der Waals surface area contributed by atoms with Gasteiger partial charge in [-0.1, -0.05) is 25.4 Å². The third-order valence-corrected chi connectivity index (χ3v) is 3.89. The molecular formula is C15H24ClN3S. The highest BCUT2D eigenvalue weighted by Gasteiger charge is 2.05. The summed E-state index contributed by atoms with van der Waals surface area (Å²) in [5, 5.41) is 0.751. The first-order valence-corrected chi connectivity index (χ1v) is 8.13. The van der Waals surface area contributed by atoms with Crippen LogP contribution in [0.25, 0.3) is 0 Å². The summed E-state index contributed by atoms with van der Waals surface area (Å²) < 4.78 is 4.40. The number of rotatable bonds is 8. The molecule has 0 spiro atoms. The van der Waals surface area contributed by atoms with E-state index in [9.17, 15) is 0 Å². The molecule has 0 aromatic heterocycles. The van der Waals surface area contributed by atoms with Crippen LogP contribution >= 0.6 is 23.7 Å². The predicted molar refractivity (Wildman–Crippen MR) is 91.9 cm³/mol. The van der Waals surface area contributed by atoms with Crippen LogP contribution in [0.15, 0.2) is 23.2 Å². The van der Waals surface area contributed by atoms with Crippen LogP contribution in [0.4, 0.5) is 5.69 Å². The highest BCUT2D eigenvalue weighted by Crippen LogP contribution is 2.22. The van der Waals surface area contributed by atoms with Gasteiger partial charge in [-0.05, 0) is 43.5 Å². The third kappa shape index (κ3) is 6.16. The molecule has 0 aliphatic carbocycles. The molecule has 0 bridgehead atoms. The standard InChI is InChI=1S/C15H24ClN3S/c1-5-9-19(10-6-2)20-18(4)12-17-15-8-7-14(16)11-13(15)3/h7-8,11-12H,5-6,9-10H2,1-4H3. The van der Waals surface area contributed by atoms with Crippen molar-refractivity contribution in [2.45, 2.75) is 33.6 Å². The number of hydrogen-bond acceptors (Lipinski definition) is 3. The van der Waals surface area contributed by atoms with Crippen molar-refractivity contribution in [3.63, 3.8) is 0 Å². The lowest BCUT2D eigenvalue weighted by Crippen LogP contribution is -2.23. The first kappa shape index (κ1) is 17.3. The maximum Gasteiger partial charge on any atom is 0.102 e. The molecule has 0 radical (unpaired) electrons. The molecule has 0 fully saturated rings. The van der Waals surface area contributed by atoms with Gasteiger partial charge in [-0.2, -0.15) is 0 Å². The van der Waals surface area contributed by atoms with Crippen LogP contribution in [0.1, 0.15) is 32.3 Å².